The molecule has 2 aliphatic rings. The number of alkyl halides is 2. The van der Waals surface area contributed by atoms with E-state index in [-0.39, 0.29) is 28.1 Å². The van der Waals surface area contributed by atoms with E-state index in [1.807, 2.05) is 0 Å². The van der Waals surface area contributed by atoms with Crippen LogP contribution in [0.5, 0.6) is 0 Å². The van der Waals surface area contributed by atoms with Gasteiger partial charge in [0.25, 0.3) is 0 Å². The number of imidazole rings is 1. The summed E-state index contributed by atoms with van der Waals surface area (Å²) in [5.41, 5.74) is 5.90. The first-order chi connectivity index (χ1) is 15.2. The summed E-state index contributed by atoms with van der Waals surface area (Å²) in [5, 5.41) is 13.0. The van der Waals surface area contributed by atoms with Gasteiger partial charge in [-0.2, -0.15) is 13.1 Å². The fourth-order valence-electron chi connectivity index (χ4n) is 3.45. The van der Waals surface area contributed by atoms with Gasteiger partial charge >= 0.3 is 6.55 Å². The zero-order valence-corrected chi connectivity index (χ0v) is 17.7. The van der Waals surface area contributed by atoms with Crippen molar-refractivity contribution in [1.82, 2.24) is 28.5 Å². The van der Waals surface area contributed by atoms with Crippen molar-refractivity contribution in [2.24, 2.45) is 0 Å². The van der Waals surface area contributed by atoms with Gasteiger partial charge in [0.2, 0.25) is 16.0 Å². The highest BCUT2D eigenvalue weighted by Crippen LogP contribution is 2.32. The summed E-state index contributed by atoms with van der Waals surface area (Å²) in [5.74, 6) is -0.640. The first kappa shape index (κ1) is 22.5. The zero-order chi connectivity index (χ0) is 23.0. The van der Waals surface area contributed by atoms with Crippen LogP contribution in [0, 0.1) is 5.82 Å². The van der Waals surface area contributed by atoms with Crippen molar-refractivity contribution in [1.29, 1.82) is 0 Å². The molecule has 1 unspecified atom stereocenters. The number of aromatic nitrogens is 5. The lowest BCUT2D eigenvalue weighted by Crippen LogP contribution is -2.43. The third-order valence-corrected chi connectivity index (χ3v) is 7.61. The van der Waals surface area contributed by atoms with Crippen LogP contribution in [-0.4, -0.2) is 66.4 Å². The van der Waals surface area contributed by atoms with Crippen molar-refractivity contribution in [3.05, 3.63) is 30.6 Å². The van der Waals surface area contributed by atoms with Crippen LogP contribution in [0.3, 0.4) is 0 Å². The van der Waals surface area contributed by atoms with E-state index in [2.05, 4.69) is 15.1 Å². The highest BCUT2D eigenvalue weighted by molar-refractivity contribution is 7.90. The van der Waals surface area contributed by atoms with Crippen LogP contribution in [0.2, 0.25) is 0 Å². The van der Waals surface area contributed by atoms with Gasteiger partial charge in [-0.15, -0.1) is 5.10 Å². The Morgan fingerprint density at radius 3 is 2.59 bits per heavy atom. The summed E-state index contributed by atoms with van der Waals surface area (Å²) >= 11 is 0. The monoisotopic (exact) mass is 473 g/mol. The molecular formula is C18H22F3N7O3S. The quantitative estimate of drug-likeness (QED) is 0.589. The maximum Gasteiger partial charge on any atom is 0.319 e. The van der Waals surface area contributed by atoms with E-state index in [0.717, 1.165) is 44.3 Å². The van der Waals surface area contributed by atoms with E-state index in [1.54, 1.807) is 0 Å². The third-order valence-electron chi connectivity index (χ3n) is 5.24. The third kappa shape index (κ3) is 4.56. The van der Waals surface area contributed by atoms with Crippen LogP contribution in [0.4, 0.5) is 19.1 Å². The molecule has 3 aromatic rings. The van der Waals surface area contributed by atoms with Crippen LogP contribution in [-0.2, 0) is 10.0 Å². The number of fused-ring (bicyclic) bond motifs is 1. The van der Waals surface area contributed by atoms with E-state index in [1.165, 1.54) is 15.0 Å². The van der Waals surface area contributed by atoms with Gasteiger partial charge in [0.1, 0.15) is 11.2 Å². The van der Waals surface area contributed by atoms with Crippen molar-refractivity contribution in [3.8, 4) is 11.4 Å². The summed E-state index contributed by atoms with van der Waals surface area (Å²) < 4.78 is 65.3. The Hall–Kier alpha value is -2.71. The van der Waals surface area contributed by atoms with E-state index in [9.17, 15) is 26.7 Å². The average Bonchev–Trinajstić information content (AvgIpc) is 3.41. The molecule has 0 bridgehead atoms. The Labute approximate surface area is 181 Å². The Morgan fingerprint density at radius 1 is 1.22 bits per heavy atom. The predicted octanol–water partition coefficient (Wildman–Crippen LogP) is 1.64. The standard InChI is InChI=1S/C10H7F3N6.C8H15NO3S/c11-5-1-7(6-3-18(4-16-6)9(12)13)19-8(5)2-15-10(14)17-19;10-7-2-1-5-9(6-7)13(11,12)8-3-4-8/h1-4,9H,(H2,14,17);7-8,10H,1-6H2. The van der Waals surface area contributed by atoms with Gasteiger partial charge in [-0.1, -0.05) is 0 Å². The van der Waals surface area contributed by atoms with Crippen LogP contribution < -0.4 is 5.73 Å². The number of nitrogen functional groups attached to an aromatic ring is 1. The van der Waals surface area contributed by atoms with Gasteiger partial charge in [-0.05, 0) is 25.7 Å². The molecule has 4 heterocycles. The number of aliphatic hydroxyl groups is 1. The zero-order valence-electron chi connectivity index (χ0n) is 16.9. The Balaban J connectivity index is 0.000000165. The van der Waals surface area contributed by atoms with Gasteiger partial charge in [0, 0.05) is 25.4 Å². The molecule has 3 N–H and O–H groups in total. The molecular weight excluding hydrogens is 451 g/mol. The number of nitrogens with zero attached hydrogens (tertiary/aromatic N) is 6. The highest BCUT2D eigenvalue weighted by Gasteiger charge is 2.41. The molecule has 2 fully saturated rings. The number of hydrogen-bond acceptors (Lipinski definition) is 7. The van der Waals surface area contributed by atoms with E-state index >= 15 is 0 Å². The van der Waals surface area contributed by atoms with Crippen LogP contribution in [0.15, 0.2) is 24.8 Å². The lowest BCUT2D eigenvalue weighted by Gasteiger charge is -2.29. The number of aliphatic hydroxyl groups excluding tert-OH is 1. The molecule has 14 heteroatoms. The first-order valence-electron chi connectivity index (χ1n) is 9.95. The normalized spacial score (nSPS) is 19.8. The fourth-order valence-corrected chi connectivity index (χ4v) is 5.37. The van der Waals surface area contributed by atoms with E-state index < -0.39 is 28.5 Å². The number of piperidine rings is 1. The molecule has 1 saturated heterocycles. The molecule has 32 heavy (non-hydrogen) atoms. The lowest BCUT2D eigenvalue weighted by atomic mass is 10.1. The second-order valence-electron chi connectivity index (χ2n) is 7.67. The predicted molar refractivity (Wildman–Crippen MR) is 109 cm³/mol. The van der Waals surface area contributed by atoms with Crippen LogP contribution in [0.1, 0.15) is 32.2 Å². The number of anilines is 1. The molecule has 0 aromatic carbocycles. The minimum atomic E-state index is -3.05. The van der Waals surface area contributed by atoms with Gasteiger partial charge in [0.05, 0.1) is 29.6 Å². The molecule has 1 atom stereocenters. The van der Waals surface area contributed by atoms with E-state index in [0.29, 0.717) is 17.7 Å². The number of nitrogens with two attached hydrogens (primary N) is 1. The summed E-state index contributed by atoms with van der Waals surface area (Å²) in [4.78, 5) is 7.46. The van der Waals surface area contributed by atoms with Crippen molar-refractivity contribution in [2.45, 2.75) is 43.6 Å². The molecule has 10 nitrogen and oxygen atoms in total. The van der Waals surface area contributed by atoms with Crippen LogP contribution >= 0.6 is 0 Å². The number of sulfonamides is 1. The molecule has 5 rings (SSSR count). The average molecular weight is 473 g/mol. The van der Waals surface area contributed by atoms with Gasteiger partial charge in [0.15, 0.2) is 5.82 Å². The van der Waals surface area contributed by atoms with Crippen molar-refractivity contribution in [2.75, 3.05) is 18.8 Å². The van der Waals surface area contributed by atoms with Crippen molar-refractivity contribution in [3.63, 3.8) is 0 Å². The number of hydrogen-bond donors (Lipinski definition) is 2. The molecule has 1 aliphatic carbocycles. The SMILES string of the molecule is Nc1ncc2c(F)cc(-c3cn(C(F)F)cn3)n2n1.O=S(=O)(C1CC1)N1CCCC(O)C1. The second-order valence-corrected chi connectivity index (χ2v) is 9.89. The van der Waals surface area contributed by atoms with Crippen molar-refractivity contribution >= 4 is 21.5 Å². The molecule has 0 spiro atoms. The Kier molecular flexibility index (Phi) is 6.09. The molecule has 1 aliphatic heterocycles. The number of halogens is 3. The topological polar surface area (TPSA) is 132 Å². The summed E-state index contributed by atoms with van der Waals surface area (Å²) in [7, 11) is -3.05. The molecule has 0 radical (unpaired) electrons. The lowest BCUT2D eigenvalue weighted by molar-refractivity contribution is 0.0702. The maximum atomic E-state index is 13.7. The second kappa shape index (κ2) is 8.67. The van der Waals surface area contributed by atoms with Gasteiger partial charge in [-0.25, -0.2) is 27.3 Å². The first-order valence-corrected chi connectivity index (χ1v) is 11.5. The van der Waals surface area contributed by atoms with E-state index in [4.69, 9.17) is 5.73 Å². The summed E-state index contributed by atoms with van der Waals surface area (Å²) in [6.45, 7) is -1.81. The minimum absolute atomic E-state index is 0.0577. The van der Waals surface area contributed by atoms with Crippen molar-refractivity contribution < 1.29 is 26.7 Å². The summed E-state index contributed by atoms with van der Waals surface area (Å²) in [6, 6.07) is 1.14. The molecule has 174 valence electrons. The molecule has 3 aromatic heterocycles. The maximum absolute atomic E-state index is 13.7. The molecule has 1 saturated carbocycles. The fraction of sp³-hybridized carbons (Fsp3) is 0.500. The summed E-state index contributed by atoms with van der Waals surface area (Å²) in [6.07, 6.45) is 5.94. The molecule has 0 amide bonds. The minimum Gasteiger partial charge on any atom is -0.392 e. The van der Waals surface area contributed by atoms with Gasteiger partial charge in [-0.3, -0.25) is 4.57 Å². The highest BCUT2D eigenvalue weighted by atomic mass is 32.2. The van der Waals surface area contributed by atoms with Gasteiger partial charge < -0.3 is 10.8 Å². The number of β-amino-alcohol motifs (C(OH)–C–C–N with tert-alkyl or cyclic N) is 1. The largest absolute Gasteiger partial charge is 0.392 e. The number of rotatable bonds is 4. The Bertz CT molecular complexity index is 1210. The Morgan fingerprint density at radius 2 is 1.97 bits per heavy atom. The smallest absolute Gasteiger partial charge is 0.319 e. The van der Waals surface area contributed by atoms with Crippen LogP contribution in [0.25, 0.3) is 16.9 Å².